The number of halogens is 1. The van der Waals surface area contributed by atoms with Gasteiger partial charge in [0.25, 0.3) is 0 Å². The summed E-state index contributed by atoms with van der Waals surface area (Å²) in [4.78, 5) is 4.78. The van der Waals surface area contributed by atoms with Crippen LogP contribution in [0.4, 0.5) is 0 Å². The van der Waals surface area contributed by atoms with Crippen molar-refractivity contribution in [2.24, 2.45) is 5.73 Å². The van der Waals surface area contributed by atoms with Crippen LogP contribution in [0.3, 0.4) is 0 Å². The van der Waals surface area contributed by atoms with Gasteiger partial charge in [0.2, 0.25) is 0 Å². The lowest BCUT2D eigenvalue weighted by atomic mass is 9.74. The molecule has 1 aromatic heterocycles. The number of rotatable bonds is 3. The SMILES string of the molecule is CCn1c(C(C)(C)C(C)(C)N)nc2cc(Cl)ccc21. The third kappa shape index (κ3) is 2.26. The molecule has 104 valence electrons. The molecule has 0 aliphatic rings. The summed E-state index contributed by atoms with van der Waals surface area (Å²) in [6.45, 7) is 11.4. The van der Waals surface area contributed by atoms with Crippen molar-refractivity contribution in [2.75, 3.05) is 0 Å². The van der Waals surface area contributed by atoms with Crippen LogP contribution in [0, 0.1) is 0 Å². The Morgan fingerprint density at radius 3 is 2.42 bits per heavy atom. The lowest BCUT2D eigenvalue weighted by molar-refractivity contribution is 0.283. The van der Waals surface area contributed by atoms with Crippen LogP contribution < -0.4 is 5.73 Å². The first-order valence-corrected chi connectivity index (χ1v) is 7.01. The van der Waals surface area contributed by atoms with Crippen LogP contribution in [0.2, 0.25) is 5.02 Å². The van der Waals surface area contributed by atoms with Gasteiger partial charge in [-0.2, -0.15) is 0 Å². The molecule has 0 aliphatic heterocycles. The van der Waals surface area contributed by atoms with Gasteiger partial charge in [0.1, 0.15) is 5.82 Å². The summed E-state index contributed by atoms with van der Waals surface area (Å²) in [7, 11) is 0. The topological polar surface area (TPSA) is 43.8 Å². The molecule has 19 heavy (non-hydrogen) atoms. The Balaban J connectivity index is 2.74. The standard InChI is InChI=1S/C15H22ClN3/c1-6-19-12-8-7-10(16)9-11(12)18-13(19)14(2,3)15(4,5)17/h7-9H,6,17H2,1-5H3. The average molecular weight is 280 g/mol. The van der Waals surface area contributed by atoms with Crippen LogP contribution in [0.1, 0.15) is 40.4 Å². The molecule has 0 spiro atoms. The minimum absolute atomic E-state index is 0.228. The van der Waals surface area contributed by atoms with E-state index in [1.807, 2.05) is 32.0 Å². The third-order valence-corrected chi connectivity index (χ3v) is 4.43. The van der Waals surface area contributed by atoms with Crippen LogP contribution in [0.25, 0.3) is 11.0 Å². The molecule has 0 unspecified atom stereocenters. The number of benzene rings is 1. The van der Waals surface area contributed by atoms with Gasteiger partial charge in [-0.3, -0.25) is 0 Å². The van der Waals surface area contributed by atoms with Crippen LogP contribution in [-0.4, -0.2) is 15.1 Å². The van der Waals surface area contributed by atoms with E-state index in [0.29, 0.717) is 5.02 Å². The largest absolute Gasteiger partial charge is 0.328 e. The van der Waals surface area contributed by atoms with E-state index in [9.17, 15) is 0 Å². The zero-order valence-electron chi connectivity index (χ0n) is 12.3. The van der Waals surface area contributed by atoms with Gasteiger partial charge in [-0.15, -0.1) is 0 Å². The Bertz CT molecular complexity index is 606. The molecule has 0 radical (unpaired) electrons. The number of nitrogens with zero attached hydrogens (tertiary/aromatic N) is 2. The predicted molar refractivity (Wildman–Crippen MR) is 81.7 cm³/mol. The number of imidazole rings is 1. The normalized spacial score (nSPS) is 13.2. The van der Waals surface area contributed by atoms with E-state index in [-0.39, 0.29) is 11.0 Å². The molecular formula is C15H22ClN3. The van der Waals surface area contributed by atoms with Gasteiger partial charge in [-0.1, -0.05) is 25.4 Å². The molecule has 0 fully saturated rings. The maximum atomic E-state index is 6.34. The van der Waals surface area contributed by atoms with E-state index >= 15 is 0 Å². The van der Waals surface area contributed by atoms with Gasteiger partial charge in [0.05, 0.1) is 11.0 Å². The second-order valence-corrected chi connectivity index (χ2v) is 6.60. The average Bonchev–Trinajstić information content (AvgIpc) is 2.65. The molecule has 0 atom stereocenters. The van der Waals surface area contributed by atoms with Crippen LogP contribution in [-0.2, 0) is 12.0 Å². The molecule has 2 N–H and O–H groups in total. The molecule has 1 aromatic carbocycles. The van der Waals surface area contributed by atoms with Crippen LogP contribution >= 0.6 is 11.6 Å². The minimum Gasteiger partial charge on any atom is -0.328 e. The molecule has 2 aromatic rings. The van der Waals surface area contributed by atoms with Gasteiger partial charge in [-0.05, 0) is 39.0 Å². The molecule has 0 aliphatic carbocycles. The third-order valence-electron chi connectivity index (χ3n) is 4.20. The lowest BCUT2D eigenvalue weighted by Gasteiger charge is -2.38. The smallest absolute Gasteiger partial charge is 0.117 e. The van der Waals surface area contributed by atoms with Crippen molar-refractivity contribution in [3.8, 4) is 0 Å². The first-order valence-electron chi connectivity index (χ1n) is 6.63. The minimum atomic E-state index is -0.356. The number of nitrogens with two attached hydrogens (primary N) is 1. The highest BCUT2D eigenvalue weighted by Crippen LogP contribution is 2.34. The summed E-state index contributed by atoms with van der Waals surface area (Å²) in [6.07, 6.45) is 0. The highest BCUT2D eigenvalue weighted by atomic mass is 35.5. The zero-order valence-corrected chi connectivity index (χ0v) is 13.0. The molecule has 1 heterocycles. The van der Waals surface area contributed by atoms with Crippen LogP contribution in [0.15, 0.2) is 18.2 Å². The van der Waals surface area contributed by atoms with Gasteiger partial charge in [0.15, 0.2) is 0 Å². The maximum absolute atomic E-state index is 6.34. The van der Waals surface area contributed by atoms with E-state index < -0.39 is 0 Å². The highest BCUT2D eigenvalue weighted by molar-refractivity contribution is 6.31. The number of aromatic nitrogens is 2. The summed E-state index contributed by atoms with van der Waals surface area (Å²) in [5, 5.41) is 0.713. The molecule has 0 bridgehead atoms. The fraction of sp³-hybridized carbons (Fsp3) is 0.533. The molecule has 0 saturated heterocycles. The molecular weight excluding hydrogens is 258 g/mol. The number of fused-ring (bicyclic) bond motifs is 1. The van der Waals surface area contributed by atoms with Crippen molar-refractivity contribution in [3.05, 3.63) is 29.0 Å². The van der Waals surface area contributed by atoms with Crippen molar-refractivity contribution >= 4 is 22.6 Å². The van der Waals surface area contributed by atoms with Crippen molar-refractivity contribution in [1.29, 1.82) is 0 Å². The molecule has 4 heteroatoms. The summed E-state index contributed by atoms with van der Waals surface area (Å²) in [6, 6.07) is 5.84. The molecule has 2 rings (SSSR count). The van der Waals surface area contributed by atoms with Crippen molar-refractivity contribution in [2.45, 2.75) is 52.1 Å². The second-order valence-electron chi connectivity index (χ2n) is 6.16. The number of aryl methyl sites for hydroxylation is 1. The van der Waals surface area contributed by atoms with Gasteiger partial charge in [-0.25, -0.2) is 4.98 Å². The van der Waals surface area contributed by atoms with Crippen molar-refractivity contribution in [3.63, 3.8) is 0 Å². The fourth-order valence-electron chi connectivity index (χ4n) is 2.19. The molecule has 0 amide bonds. The molecule has 0 saturated carbocycles. The fourth-order valence-corrected chi connectivity index (χ4v) is 2.35. The predicted octanol–water partition coefficient (Wildman–Crippen LogP) is 3.72. The van der Waals surface area contributed by atoms with E-state index in [1.54, 1.807) is 0 Å². The summed E-state index contributed by atoms with van der Waals surface area (Å²) < 4.78 is 2.22. The first-order chi connectivity index (χ1) is 8.68. The Kier molecular flexibility index (Phi) is 3.40. The number of hydrogen-bond donors (Lipinski definition) is 1. The highest BCUT2D eigenvalue weighted by Gasteiger charge is 2.39. The van der Waals surface area contributed by atoms with E-state index in [0.717, 1.165) is 23.4 Å². The zero-order chi connectivity index (χ0) is 14.4. The number of hydrogen-bond acceptors (Lipinski definition) is 2. The van der Waals surface area contributed by atoms with E-state index in [2.05, 4.69) is 25.3 Å². The van der Waals surface area contributed by atoms with Gasteiger partial charge >= 0.3 is 0 Å². The second kappa shape index (κ2) is 4.50. The Labute approximate surface area is 119 Å². The summed E-state index contributed by atoms with van der Waals surface area (Å²) in [5.74, 6) is 1.01. The van der Waals surface area contributed by atoms with Gasteiger partial charge in [0, 0.05) is 22.5 Å². The van der Waals surface area contributed by atoms with Crippen molar-refractivity contribution in [1.82, 2.24) is 9.55 Å². The Hall–Kier alpha value is -1.06. The van der Waals surface area contributed by atoms with E-state index in [1.165, 1.54) is 0 Å². The summed E-state index contributed by atoms with van der Waals surface area (Å²) in [5.41, 5.74) is 7.80. The van der Waals surface area contributed by atoms with Crippen molar-refractivity contribution < 1.29 is 0 Å². The van der Waals surface area contributed by atoms with E-state index in [4.69, 9.17) is 22.3 Å². The first kappa shape index (κ1) is 14.4. The Morgan fingerprint density at radius 2 is 1.89 bits per heavy atom. The molecule has 3 nitrogen and oxygen atoms in total. The monoisotopic (exact) mass is 279 g/mol. The van der Waals surface area contributed by atoms with Crippen LogP contribution in [0.5, 0.6) is 0 Å². The van der Waals surface area contributed by atoms with Gasteiger partial charge < -0.3 is 10.3 Å². The quantitative estimate of drug-likeness (QED) is 0.930. The Morgan fingerprint density at radius 1 is 1.26 bits per heavy atom. The summed E-state index contributed by atoms with van der Waals surface area (Å²) >= 11 is 6.05. The maximum Gasteiger partial charge on any atom is 0.117 e. The lowest BCUT2D eigenvalue weighted by Crippen LogP contribution is -2.51.